The van der Waals surface area contributed by atoms with Crippen LogP contribution >= 0.6 is 0 Å². The first kappa shape index (κ1) is 23.1. The second-order valence-corrected chi connectivity index (χ2v) is 7.83. The molecule has 4 rings (SSSR count). The van der Waals surface area contributed by atoms with Crippen molar-refractivity contribution >= 4 is 5.91 Å². The maximum absolute atomic E-state index is 13.5. The molecule has 168 valence electrons. The number of carbonyl (C=O) groups excluding carboxylic acids is 1. The maximum atomic E-state index is 13.5. The number of halogens is 4. The molecule has 2 aliphatic rings. The topological polar surface area (TPSA) is 43.8 Å². The van der Waals surface area contributed by atoms with E-state index < -0.39 is 17.9 Å². The molecule has 2 fully saturated rings. The fourth-order valence-electron chi connectivity index (χ4n) is 3.90. The third-order valence-electron chi connectivity index (χ3n) is 5.52. The highest BCUT2D eigenvalue weighted by Crippen LogP contribution is 2.30. The normalized spacial score (nSPS) is 22.2. The lowest BCUT2D eigenvalue weighted by molar-refractivity contribution is -0.137. The number of likely N-dealkylation sites (tertiary alicyclic amines) is 2. The summed E-state index contributed by atoms with van der Waals surface area (Å²) in [5.74, 6) is 0.270. The molecular formula is C23H26F4N2O2. The molecule has 0 aromatic heterocycles. The van der Waals surface area contributed by atoms with E-state index in [9.17, 15) is 22.4 Å². The Morgan fingerprint density at radius 2 is 1.65 bits per heavy atom. The summed E-state index contributed by atoms with van der Waals surface area (Å²) in [6, 6.07) is 13.3. The lowest BCUT2D eigenvalue weighted by Gasteiger charge is -2.32. The number of amides is 1. The van der Waals surface area contributed by atoms with Gasteiger partial charge in [-0.3, -0.25) is 9.69 Å². The van der Waals surface area contributed by atoms with Crippen molar-refractivity contribution < 1.29 is 27.5 Å². The first-order valence-corrected chi connectivity index (χ1v) is 10.3. The number of rotatable bonds is 3. The number of aromatic hydroxyl groups is 1. The van der Waals surface area contributed by atoms with Crippen LogP contribution in [0.25, 0.3) is 0 Å². The van der Waals surface area contributed by atoms with Gasteiger partial charge < -0.3 is 10.0 Å². The van der Waals surface area contributed by atoms with Crippen molar-refractivity contribution in [3.8, 4) is 5.75 Å². The molecule has 2 aliphatic heterocycles. The zero-order chi connectivity index (χ0) is 22.4. The van der Waals surface area contributed by atoms with E-state index in [1.807, 2.05) is 11.0 Å². The average molecular weight is 438 g/mol. The molecule has 0 radical (unpaired) electrons. The molecule has 2 atom stereocenters. The number of piperidine rings is 1. The summed E-state index contributed by atoms with van der Waals surface area (Å²) >= 11 is 0. The van der Waals surface area contributed by atoms with E-state index in [1.165, 1.54) is 12.1 Å². The fourth-order valence-corrected chi connectivity index (χ4v) is 3.90. The van der Waals surface area contributed by atoms with Crippen LogP contribution in [0.15, 0.2) is 54.6 Å². The predicted molar refractivity (Wildman–Crippen MR) is 109 cm³/mol. The molecule has 2 heterocycles. The van der Waals surface area contributed by atoms with Gasteiger partial charge in [-0.15, -0.1) is 0 Å². The Morgan fingerprint density at radius 3 is 2.19 bits per heavy atom. The number of para-hydroxylation sites is 1. The second kappa shape index (κ2) is 10.1. The molecule has 0 aliphatic carbocycles. The second-order valence-electron chi connectivity index (χ2n) is 7.83. The van der Waals surface area contributed by atoms with Crippen molar-refractivity contribution in [2.75, 3.05) is 19.6 Å². The Bertz CT molecular complexity index is 843. The quantitative estimate of drug-likeness (QED) is 0.711. The van der Waals surface area contributed by atoms with E-state index in [0.29, 0.717) is 43.8 Å². The SMILES string of the molecule is O=C1C(N2CCCC(F)C2)CCN1Cc1ccc(C(F)(F)F)cc1.Oc1ccccc1. The van der Waals surface area contributed by atoms with E-state index in [1.54, 1.807) is 29.2 Å². The van der Waals surface area contributed by atoms with E-state index in [0.717, 1.165) is 25.1 Å². The Balaban J connectivity index is 0.000000330. The minimum atomic E-state index is -4.36. The van der Waals surface area contributed by atoms with Crippen LogP contribution in [0.5, 0.6) is 5.75 Å². The number of phenolic OH excluding ortho intramolecular Hbond substituents is 1. The number of nitrogens with zero attached hydrogens (tertiary/aromatic N) is 2. The van der Waals surface area contributed by atoms with E-state index in [-0.39, 0.29) is 11.9 Å². The predicted octanol–water partition coefficient (Wildman–Crippen LogP) is 4.63. The van der Waals surface area contributed by atoms with Crippen LogP contribution < -0.4 is 0 Å². The highest BCUT2D eigenvalue weighted by molar-refractivity contribution is 5.84. The third kappa shape index (κ3) is 6.43. The number of hydrogen-bond donors (Lipinski definition) is 1. The van der Waals surface area contributed by atoms with Crippen LogP contribution in [0, 0.1) is 0 Å². The van der Waals surface area contributed by atoms with Crippen LogP contribution in [0.3, 0.4) is 0 Å². The van der Waals surface area contributed by atoms with Gasteiger partial charge in [0, 0.05) is 19.6 Å². The molecule has 31 heavy (non-hydrogen) atoms. The maximum Gasteiger partial charge on any atom is 0.416 e. The van der Waals surface area contributed by atoms with Gasteiger partial charge in [0.15, 0.2) is 0 Å². The summed E-state index contributed by atoms with van der Waals surface area (Å²) in [5, 5.41) is 8.63. The van der Waals surface area contributed by atoms with Gasteiger partial charge in [0.2, 0.25) is 5.91 Å². The number of phenols is 1. The van der Waals surface area contributed by atoms with Crippen LogP contribution in [0.4, 0.5) is 17.6 Å². The van der Waals surface area contributed by atoms with E-state index in [4.69, 9.17) is 5.11 Å². The molecule has 2 aromatic carbocycles. The number of carbonyl (C=O) groups is 1. The van der Waals surface area contributed by atoms with Crippen LogP contribution in [-0.4, -0.2) is 52.7 Å². The van der Waals surface area contributed by atoms with Gasteiger partial charge in [0.25, 0.3) is 0 Å². The van der Waals surface area contributed by atoms with Crippen molar-refractivity contribution in [2.24, 2.45) is 0 Å². The monoisotopic (exact) mass is 438 g/mol. The van der Waals surface area contributed by atoms with Crippen LogP contribution in [-0.2, 0) is 17.5 Å². The Kier molecular flexibility index (Phi) is 7.54. The summed E-state index contributed by atoms with van der Waals surface area (Å²) in [7, 11) is 0. The van der Waals surface area contributed by atoms with Gasteiger partial charge >= 0.3 is 6.18 Å². The van der Waals surface area contributed by atoms with Gasteiger partial charge in [-0.1, -0.05) is 30.3 Å². The van der Waals surface area contributed by atoms with Crippen LogP contribution in [0.1, 0.15) is 30.4 Å². The zero-order valence-electron chi connectivity index (χ0n) is 17.1. The molecule has 0 spiro atoms. The molecule has 1 N–H and O–H groups in total. The van der Waals surface area contributed by atoms with Gasteiger partial charge in [0.05, 0.1) is 11.6 Å². The van der Waals surface area contributed by atoms with Crippen molar-refractivity contribution in [2.45, 2.75) is 44.2 Å². The highest BCUT2D eigenvalue weighted by Gasteiger charge is 2.38. The minimum absolute atomic E-state index is 0.0519. The molecule has 2 unspecified atom stereocenters. The lowest BCUT2D eigenvalue weighted by atomic mass is 10.1. The zero-order valence-corrected chi connectivity index (χ0v) is 17.1. The van der Waals surface area contributed by atoms with Crippen molar-refractivity contribution in [1.29, 1.82) is 0 Å². The number of benzene rings is 2. The van der Waals surface area contributed by atoms with Gasteiger partial charge in [-0.05, 0) is 55.6 Å². The van der Waals surface area contributed by atoms with Crippen molar-refractivity contribution in [1.82, 2.24) is 9.80 Å². The smallest absolute Gasteiger partial charge is 0.416 e. The fraction of sp³-hybridized carbons (Fsp3) is 0.435. The summed E-state index contributed by atoms with van der Waals surface area (Å²) in [6.45, 7) is 1.87. The Morgan fingerprint density at radius 1 is 0.968 bits per heavy atom. The first-order valence-electron chi connectivity index (χ1n) is 10.3. The summed E-state index contributed by atoms with van der Waals surface area (Å²) in [5.41, 5.74) is -0.0295. The molecular weight excluding hydrogens is 412 g/mol. The molecule has 1 amide bonds. The Labute approximate surface area is 179 Å². The minimum Gasteiger partial charge on any atom is -0.508 e. The molecule has 8 heteroatoms. The standard InChI is InChI=1S/C17H20F4N2O.C6H6O/c18-14-2-1-8-22(11-14)15-7-9-23(16(15)24)10-12-3-5-13(6-4-12)17(19,20)21;7-6-4-2-1-3-5-6/h3-6,14-15H,1-2,7-11H2;1-5,7H. The van der Waals surface area contributed by atoms with Crippen molar-refractivity contribution in [3.05, 3.63) is 65.7 Å². The number of hydrogen-bond acceptors (Lipinski definition) is 3. The summed E-state index contributed by atoms with van der Waals surface area (Å²) in [6.07, 6.45) is -3.29. The molecule has 2 aromatic rings. The molecule has 2 saturated heterocycles. The molecule has 0 bridgehead atoms. The largest absolute Gasteiger partial charge is 0.508 e. The lowest BCUT2D eigenvalue weighted by Crippen LogP contribution is -2.47. The van der Waals surface area contributed by atoms with Gasteiger partial charge in [-0.25, -0.2) is 4.39 Å². The third-order valence-corrected chi connectivity index (χ3v) is 5.52. The highest BCUT2D eigenvalue weighted by atomic mass is 19.4. The average Bonchev–Trinajstić information content (AvgIpc) is 3.09. The van der Waals surface area contributed by atoms with Gasteiger partial charge in [-0.2, -0.15) is 13.2 Å². The van der Waals surface area contributed by atoms with Crippen LogP contribution in [0.2, 0.25) is 0 Å². The Hall–Kier alpha value is -2.61. The number of alkyl halides is 4. The molecule has 4 nitrogen and oxygen atoms in total. The van der Waals surface area contributed by atoms with E-state index in [2.05, 4.69) is 0 Å². The summed E-state index contributed by atoms with van der Waals surface area (Å²) in [4.78, 5) is 16.1. The molecule has 0 saturated carbocycles. The van der Waals surface area contributed by atoms with Crippen molar-refractivity contribution in [3.63, 3.8) is 0 Å². The van der Waals surface area contributed by atoms with E-state index >= 15 is 0 Å². The summed E-state index contributed by atoms with van der Waals surface area (Å²) < 4.78 is 51.3. The first-order chi connectivity index (χ1) is 14.7. The van der Waals surface area contributed by atoms with Gasteiger partial charge in [0.1, 0.15) is 11.9 Å².